The maximum absolute atomic E-state index is 14.9. The van der Waals surface area contributed by atoms with Crippen LogP contribution in [-0.4, -0.2) is 6.61 Å². The fourth-order valence-electron chi connectivity index (χ4n) is 5.87. The highest BCUT2D eigenvalue weighted by Crippen LogP contribution is 2.48. The molecule has 0 aromatic heterocycles. The Balaban J connectivity index is 1.54. The van der Waals surface area contributed by atoms with Crippen molar-refractivity contribution in [1.29, 1.82) is 0 Å². The van der Waals surface area contributed by atoms with Crippen molar-refractivity contribution in [2.45, 2.75) is 77.2 Å². The van der Waals surface area contributed by atoms with E-state index in [2.05, 4.69) is 11.7 Å². The second kappa shape index (κ2) is 11.3. The van der Waals surface area contributed by atoms with Crippen LogP contribution in [0.4, 0.5) is 30.7 Å². The summed E-state index contributed by atoms with van der Waals surface area (Å²) in [5.41, 5.74) is -0.342. The predicted molar refractivity (Wildman–Crippen MR) is 119 cm³/mol. The smallest absolute Gasteiger partial charge is 0.387 e. The van der Waals surface area contributed by atoms with Crippen LogP contribution in [0.3, 0.4) is 0 Å². The van der Waals surface area contributed by atoms with E-state index in [4.69, 9.17) is 4.74 Å². The molecule has 0 saturated heterocycles. The number of halogens is 7. The van der Waals surface area contributed by atoms with Gasteiger partial charge in [0.1, 0.15) is 5.75 Å². The number of alkyl halides is 2. The van der Waals surface area contributed by atoms with E-state index in [-0.39, 0.29) is 5.56 Å². The van der Waals surface area contributed by atoms with Crippen LogP contribution in [0.2, 0.25) is 0 Å². The first kappa shape index (κ1) is 26.6. The zero-order valence-electron chi connectivity index (χ0n) is 19.9. The fourth-order valence-corrected chi connectivity index (χ4v) is 5.87. The van der Waals surface area contributed by atoms with Crippen LogP contribution in [-0.2, 0) is 0 Å². The predicted octanol–water partition coefficient (Wildman–Crippen LogP) is 9.07. The minimum absolute atomic E-state index is 0.342. The molecule has 0 heterocycles. The fraction of sp³-hybridized carbons (Fsp3) is 0.556. The molecule has 4 rings (SSSR count). The normalized spacial score (nSPS) is 24.7. The van der Waals surface area contributed by atoms with Gasteiger partial charge in [0.05, 0.1) is 6.07 Å². The van der Waals surface area contributed by atoms with E-state index >= 15 is 0 Å². The third-order valence-corrected chi connectivity index (χ3v) is 7.81. The molecule has 0 bridgehead atoms. The molecule has 0 spiro atoms. The molecular formula is C27H28F7O2. The van der Waals surface area contributed by atoms with Gasteiger partial charge >= 0.3 is 6.61 Å². The molecule has 2 aliphatic rings. The average molecular weight is 518 g/mol. The monoisotopic (exact) mass is 517 g/mol. The van der Waals surface area contributed by atoms with E-state index in [0.29, 0.717) is 36.8 Å². The van der Waals surface area contributed by atoms with Crippen molar-refractivity contribution < 1.29 is 40.2 Å². The Labute approximate surface area is 205 Å². The van der Waals surface area contributed by atoms with E-state index in [1.165, 1.54) is 19.3 Å². The third-order valence-electron chi connectivity index (χ3n) is 7.81. The van der Waals surface area contributed by atoms with Crippen molar-refractivity contribution in [2.24, 2.45) is 17.8 Å². The van der Waals surface area contributed by atoms with Crippen molar-refractivity contribution >= 4 is 0 Å². The lowest BCUT2D eigenvalue weighted by atomic mass is 9.68. The summed E-state index contributed by atoms with van der Waals surface area (Å²) in [7, 11) is 0. The first-order valence-electron chi connectivity index (χ1n) is 12.4. The molecule has 2 nitrogen and oxygen atoms in total. The number of ether oxygens (including phenoxy) is 2. The summed E-state index contributed by atoms with van der Waals surface area (Å²) in [6.07, 6.45) is 8.41. The average Bonchev–Trinajstić information content (AvgIpc) is 2.85. The van der Waals surface area contributed by atoms with Crippen molar-refractivity contribution in [3.8, 4) is 17.2 Å². The van der Waals surface area contributed by atoms with Crippen LogP contribution in [0.25, 0.3) is 0 Å². The Morgan fingerprint density at radius 2 is 1.36 bits per heavy atom. The van der Waals surface area contributed by atoms with E-state index in [1.807, 2.05) is 0 Å². The van der Waals surface area contributed by atoms with E-state index in [9.17, 15) is 30.7 Å². The number of hydrogen-bond acceptors (Lipinski definition) is 2. The molecule has 0 amide bonds. The molecule has 2 aromatic carbocycles. The molecule has 0 unspecified atom stereocenters. The number of hydrogen-bond donors (Lipinski definition) is 0. The lowest BCUT2D eigenvalue weighted by Gasteiger charge is -2.38. The van der Waals surface area contributed by atoms with Crippen LogP contribution >= 0.6 is 0 Å². The summed E-state index contributed by atoms with van der Waals surface area (Å²) in [5.74, 6) is -8.62. The summed E-state index contributed by atoms with van der Waals surface area (Å²) in [6, 6.07) is 2.62. The second-order valence-corrected chi connectivity index (χ2v) is 9.81. The van der Waals surface area contributed by atoms with Gasteiger partial charge < -0.3 is 9.47 Å². The van der Waals surface area contributed by atoms with Gasteiger partial charge in [0.15, 0.2) is 40.6 Å². The van der Waals surface area contributed by atoms with Gasteiger partial charge in [-0.1, -0.05) is 26.2 Å². The molecule has 2 fully saturated rings. The first-order chi connectivity index (χ1) is 17.2. The molecule has 9 heteroatoms. The van der Waals surface area contributed by atoms with Crippen LogP contribution in [0.15, 0.2) is 12.1 Å². The molecule has 2 aromatic rings. The standard InChI is InChI=1S/C27H28F7O2/c1-2-14-3-5-15(6-4-14)16-7-9-17(10-8-16)23-24(32)19(28)13-22(31)26(23)35-18-11-20(29)25(21(30)12-18)36-27(33)34/h11-12,14-17,27H,2-10H2,1H3/t14-,15-,16-,17-. The minimum atomic E-state index is -3.47. The van der Waals surface area contributed by atoms with Crippen molar-refractivity contribution in [3.63, 3.8) is 0 Å². The molecule has 36 heavy (non-hydrogen) atoms. The highest BCUT2D eigenvalue weighted by Gasteiger charge is 2.35. The van der Waals surface area contributed by atoms with Crippen LogP contribution < -0.4 is 9.47 Å². The Morgan fingerprint density at radius 3 is 1.89 bits per heavy atom. The highest BCUT2D eigenvalue weighted by atomic mass is 19.3. The lowest BCUT2D eigenvalue weighted by molar-refractivity contribution is -0.0547. The molecule has 0 N–H and O–H groups in total. The largest absolute Gasteiger partial charge is 0.454 e. The van der Waals surface area contributed by atoms with Gasteiger partial charge in [0.25, 0.3) is 0 Å². The Kier molecular flexibility index (Phi) is 8.35. The van der Waals surface area contributed by atoms with E-state index in [1.54, 1.807) is 6.07 Å². The molecular weight excluding hydrogens is 489 g/mol. The van der Waals surface area contributed by atoms with Gasteiger partial charge in [-0.25, -0.2) is 22.0 Å². The summed E-state index contributed by atoms with van der Waals surface area (Å²) >= 11 is 0. The Morgan fingerprint density at radius 1 is 0.806 bits per heavy atom. The van der Waals surface area contributed by atoms with Crippen LogP contribution in [0, 0.1) is 52.9 Å². The van der Waals surface area contributed by atoms with Crippen LogP contribution in [0.1, 0.15) is 76.2 Å². The summed E-state index contributed by atoms with van der Waals surface area (Å²) in [4.78, 5) is 0. The number of benzene rings is 2. The van der Waals surface area contributed by atoms with Gasteiger partial charge in [-0.2, -0.15) is 8.78 Å². The van der Waals surface area contributed by atoms with Crippen LogP contribution in [0.5, 0.6) is 17.2 Å². The Bertz CT molecular complexity index is 1040. The van der Waals surface area contributed by atoms with E-state index in [0.717, 1.165) is 31.6 Å². The SMILES string of the molecule is CC[C@H]1CC[C@H]([C@H]2CC[C@H](c3c(F)c(F)[c]c(F)c3Oc3cc(F)c(OC(F)F)c(F)c3)CC2)CC1. The topological polar surface area (TPSA) is 18.5 Å². The van der Waals surface area contributed by atoms with Crippen molar-refractivity contribution in [2.75, 3.05) is 0 Å². The summed E-state index contributed by atoms with van der Waals surface area (Å²) < 4.78 is 106. The minimum Gasteiger partial charge on any atom is -0.454 e. The van der Waals surface area contributed by atoms with Gasteiger partial charge in [-0.15, -0.1) is 0 Å². The van der Waals surface area contributed by atoms with Gasteiger partial charge in [-0.05, 0) is 62.2 Å². The summed E-state index contributed by atoms with van der Waals surface area (Å²) in [5, 5.41) is 0. The van der Waals surface area contributed by atoms with Gasteiger partial charge in [0, 0.05) is 17.7 Å². The van der Waals surface area contributed by atoms with Crippen molar-refractivity contribution in [1.82, 2.24) is 0 Å². The lowest BCUT2D eigenvalue weighted by Crippen LogP contribution is -2.25. The van der Waals surface area contributed by atoms with Gasteiger partial charge in [-0.3, -0.25) is 0 Å². The summed E-state index contributed by atoms with van der Waals surface area (Å²) in [6.45, 7) is -1.27. The molecule has 2 aliphatic carbocycles. The maximum Gasteiger partial charge on any atom is 0.387 e. The van der Waals surface area contributed by atoms with Gasteiger partial charge in [0.2, 0.25) is 0 Å². The van der Waals surface area contributed by atoms with Crippen molar-refractivity contribution in [3.05, 3.63) is 52.8 Å². The zero-order chi connectivity index (χ0) is 26.0. The quantitative estimate of drug-likeness (QED) is 0.269. The zero-order valence-corrected chi connectivity index (χ0v) is 19.9. The number of rotatable bonds is 7. The molecule has 0 aliphatic heterocycles. The highest BCUT2D eigenvalue weighted by molar-refractivity contribution is 5.44. The third kappa shape index (κ3) is 5.75. The molecule has 2 saturated carbocycles. The first-order valence-corrected chi connectivity index (χ1v) is 12.4. The molecule has 1 radical (unpaired) electrons. The Hall–Kier alpha value is -2.45. The van der Waals surface area contributed by atoms with E-state index < -0.39 is 58.9 Å². The molecule has 197 valence electrons. The molecule has 0 atom stereocenters. The second-order valence-electron chi connectivity index (χ2n) is 9.81. The maximum atomic E-state index is 14.9.